The van der Waals surface area contributed by atoms with Crippen molar-refractivity contribution in [3.63, 3.8) is 0 Å². The van der Waals surface area contributed by atoms with Gasteiger partial charge in [0.1, 0.15) is 0 Å². The van der Waals surface area contributed by atoms with Crippen LogP contribution in [0, 0.1) is 19.8 Å². The van der Waals surface area contributed by atoms with E-state index in [0.717, 1.165) is 29.8 Å². The van der Waals surface area contributed by atoms with Crippen LogP contribution in [0.3, 0.4) is 0 Å². The van der Waals surface area contributed by atoms with Gasteiger partial charge in [-0.15, -0.1) is 0 Å². The smallest absolute Gasteiger partial charge is 0.244 e. The van der Waals surface area contributed by atoms with E-state index in [1.165, 1.54) is 0 Å². The van der Waals surface area contributed by atoms with E-state index < -0.39 is 0 Å². The first-order valence-corrected chi connectivity index (χ1v) is 7.88. The van der Waals surface area contributed by atoms with Crippen molar-refractivity contribution in [1.29, 1.82) is 0 Å². The Labute approximate surface area is 132 Å². The maximum atomic E-state index is 12.4. The predicted molar refractivity (Wildman–Crippen MR) is 87.8 cm³/mol. The zero-order valence-corrected chi connectivity index (χ0v) is 13.6. The molecular formula is C17H25N3O2. The number of likely N-dealkylation sites (N-methyl/N-ethyl adjacent to an activating group) is 1. The zero-order valence-electron chi connectivity index (χ0n) is 13.6. The Morgan fingerprint density at radius 1 is 1.32 bits per heavy atom. The molecule has 0 bridgehead atoms. The van der Waals surface area contributed by atoms with Crippen LogP contribution in [0.25, 0.3) is 0 Å². The van der Waals surface area contributed by atoms with Gasteiger partial charge in [-0.1, -0.05) is 18.2 Å². The molecule has 2 N–H and O–H groups in total. The number of hydrogen-bond acceptors (Lipinski definition) is 3. The fraction of sp³-hybridized carbons (Fsp3) is 0.529. The maximum Gasteiger partial charge on any atom is 0.244 e. The first-order valence-electron chi connectivity index (χ1n) is 7.88. The minimum absolute atomic E-state index is 0.00736. The highest BCUT2D eigenvalue weighted by atomic mass is 16.2. The summed E-state index contributed by atoms with van der Waals surface area (Å²) < 4.78 is 0. The van der Waals surface area contributed by atoms with Crippen molar-refractivity contribution in [2.75, 3.05) is 31.5 Å². The molecule has 1 aromatic rings. The summed E-state index contributed by atoms with van der Waals surface area (Å²) in [4.78, 5) is 26.3. The second-order valence-corrected chi connectivity index (χ2v) is 5.86. The van der Waals surface area contributed by atoms with E-state index in [0.29, 0.717) is 13.1 Å². The number of anilines is 1. The lowest BCUT2D eigenvalue weighted by atomic mass is 10.1. The molecule has 1 aliphatic heterocycles. The Balaban J connectivity index is 1.98. The van der Waals surface area contributed by atoms with Crippen LogP contribution < -0.4 is 10.6 Å². The molecular weight excluding hydrogens is 278 g/mol. The van der Waals surface area contributed by atoms with Crippen molar-refractivity contribution in [3.05, 3.63) is 29.3 Å². The molecule has 1 unspecified atom stereocenters. The monoisotopic (exact) mass is 303 g/mol. The van der Waals surface area contributed by atoms with Crippen molar-refractivity contribution < 1.29 is 9.59 Å². The van der Waals surface area contributed by atoms with Gasteiger partial charge in [-0.2, -0.15) is 0 Å². The van der Waals surface area contributed by atoms with Crippen LogP contribution in [0.15, 0.2) is 18.2 Å². The fourth-order valence-corrected chi connectivity index (χ4v) is 2.83. The van der Waals surface area contributed by atoms with E-state index in [1.54, 1.807) is 4.90 Å². The maximum absolute atomic E-state index is 12.4. The Kier molecular flexibility index (Phi) is 5.55. The molecule has 1 saturated heterocycles. The summed E-state index contributed by atoms with van der Waals surface area (Å²) in [5, 5.41) is 6.13. The standard InChI is InChI=1S/C17H25N3O2/c1-4-20(17(22)14-8-9-18-10-14)11-15(21)19-16-12(2)6-5-7-13(16)3/h5-7,14,18H,4,8-11H2,1-3H3,(H,19,21). The molecule has 2 rings (SSSR count). The summed E-state index contributed by atoms with van der Waals surface area (Å²) in [6.07, 6.45) is 0.855. The molecule has 120 valence electrons. The number of aryl methyl sites for hydroxylation is 2. The van der Waals surface area contributed by atoms with Crippen LogP contribution in [0.4, 0.5) is 5.69 Å². The Morgan fingerprint density at radius 3 is 2.55 bits per heavy atom. The first-order chi connectivity index (χ1) is 10.5. The number of amides is 2. The lowest BCUT2D eigenvalue weighted by Crippen LogP contribution is -2.41. The van der Waals surface area contributed by atoms with E-state index >= 15 is 0 Å². The minimum Gasteiger partial charge on any atom is -0.333 e. The molecule has 1 heterocycles. The normalized spacial score (nSPS) is 17.3. The topological polar surface area (TPSA) is 61.4 Å². The molecule has 1 aromatic carbocycles. The average Bonchev–Trinajstić information content (AvgIpc) is 3.02. The van der Waals surface area contributed by atoms with Gasteiger partial charge in [0.15, 0.2) is 0 Å². The Morgan fingerprint density at radius 2 is 2.00 bits per heavy atom. The molecule has 0 spiro atoms. The molecule has 0 aliphatic carbocycles. The molecule has 22 heavy (non-hydrogen) atoms. The van der Waals surface area contributed by atoms with E-state index in [4.69, 9.17) is 0 Å². The van der Waals surface area contributed by atoms with Crippen LogP contribution in [-0.4, -0.2) is 42.9 Å². The summed E-state index contributed by atoms with van der Waals surface area (Å²) >= 11 is 0. The van der Waals surface area contributed by atoms with Crippen LogP contribution >= 0.6 is 0 Å². The van der Waals surface area contributed by atoms with E-state index in [1.807, 2.05) is 39.0 Å². The highest BCUT2D eigenvalue weighted by Gasteiger charge is 2.27. The van der Waals surface area contributed by atoms with Crippen molar-refractivity contribution in [3.8, 4) is 0 Å². The second-order valence-electron chi connectivity index (χ2n) is 5.86. The highest BCUT2D eigenvalue weighted by Crippen LogP contribution is 2.19. The van der Waals surface area contributed by atoms with Gasteiger partial charge in [-0.25, -0.2) is 0 Å². The molecule has 2 amide bonds. The summed E-state index contributed by atoms with van der Waals surface area (Å²) in [5.74, 6) is -0.0596. The summed E-state index contributed by atoms with van der Waals surface area (Å²) in [6.45, 7) is 8.10. The van der Waals surface area contributed by atoms with Crippen LogP contribution in [0.5, 0.6) is 0 Å². The van der Waals surface area contributed by atoms with Gasteiger partial charge in [0, 0.05) is 18.8 Å². The van der Waals surface area contributed by atoms with Crippen molar-refractivity contribution in [1.82, 2.24) is 10.2 Å². The first kappa shape index (κ1) is 16.5. The van der Waals surface area contributed by atoms with Gasteiger partial charge in [0.25, 0.3) is 0 Å². The van der Waals surface area contributed by atoms with Gasteiger partial charge in [-0.05, 0) is 44.9 Å². The van der Waals surface area contributed by atoms with E-state index in [-0.39, 0.29) is 24.3 Å². The van der Waals surface area contributed by atoms with Crippen LogP contribution in [-0.2, 0) is 9.59 Å². The zero-order chi connectivity index (χ0) is 16.1. The quantitative estimate of drug-likeness (QED) is 0.870. The number of benzene rings is 1. The summed E-state index contributed by atoms with van der Waals surface area (Å²) in [5.41, 5.74) is 2.91. The number of nitrogens with one attached hydrogen (secondary N) is 2. The fourth-order valence-electron chi connectivity index (χ4n) is 2.83. The number of hydrogen-bond donors (Lipinski definition) is 2. The number of nitrogens with zero attached hydrogens (tertiary/aromatic N) is 1. The third kappa shape index (κ3) is 3.85. The SMILES string of the molecule is CCN(CC(=O)Nc1c(C)cccc1C)C(=O)C1CCNC1. The van der Waals surface area contributed by atoms with Gasteiger partial charge >= 0.3 is 0 Å². The van der Waals surface area contributed by atoms with Crippen molar-refractivity contribution in [2.45, 2.75) is 27.2 Å². The summed E-state index contributed by atoms with van der Waals surface area (Å²) in [6, 6.07) is 5.90. The Bertz CT molecular complexity index is 531. The number of para-hydroxylation sites is 1. The van der Waals surface area contributed by atoms with Gasteiger partial charge in [-0.3, -0.25) is 9.59 Å². The van der Waals surface area contributed by atoms with Gasteiger partial charge in [0.05, 0.1) is 12.5 Å². The third-order valence-corrected chi connectivity index (χ3v) is 4.18. The number of carbonyl (C=O) groups excluding carboxylic acids is 2. The highest BCUT2D eigenvalue weighted by molar-refractivity contribution is 5.96. The number of rotatable bonds is 5. The molecule has 0 aromatic heterocycles. The molecule has 5 heteroatoms. The molecule has 1 aliphatic rings. The van der Waals surface area contributed by atoms with Crippen LogP contribution in [0.2, 0.25) is 0 Å². The van der Waals surface area contributed by atoms with Crippen molar-refractivity contribution >= 4 is 17.5 Å². The number of carbonyl (C=O) groups is 2. The minimum atomic E-state index is -0.140. The van der Waals surface area contributed by atoms with E-state index in [9.17, 15) is 9.59 Å². The Hall–Kier alpha value is -1.88. The average molecular weight is 303 g/mol. The molecule has 1 atom stereocenters. The lowest BCUT2D eigenvalue weighted by Gasteiger charge is -2.23. The van der Waals surface area contributed by atoms with Gasteiger partial charge < -0.3 is 15.5 Å². The van der Waals surface area contributed by atoms with Crippen LogP contribution in [0.1, 0.15) is 24.5 Å². The lowest BCUT2D eigenvalue weighted by molar-refractivity contribution is -0.137. The largest absolute Gasteiger partial charge is 0.333 e. The molecule has 0 radical (unpaired) electrons. The van der Waals surface area contributed by atoms with Crippen molar-refractivity contribution in [2.24, 2.45) is 5.92 Å². The molecule has 5 nitrogen and oxygen atoms in total. The molecule has 0 saturated carbocycles. The molecule has 1 fully saturated rings. The van der Waals surface area contributed by atoms with E-state index in [2.05, 4.69) is 10.6 Å². The second kappa shape index (κ2) is 7.40. The van der Waals surface area contributed by atoms with Gasteiger partial charge in [0.2, 0.25) is 11.8 Å². The summed E-state index contributed by atoms with van der Waals surface area (Å²) in [7, 11) is 0. The third-order valence-electron chi connectivity index (χ3n) is 4.18. The predicted octanol–water partition coefficient (Wildman–Crippen LogP) is 1.70.